The SMILES string of the molecule is Cc1cc(N)ccc1OCC=C(Cl)Cl. The van der Waals surface area contributed by atoms with Gasteiger partial charge in [-0.15, -0.1) is 0 Å². The van der Waals surface area contributed by atoms with E-state index in [1.54, 1.807) is 12.1 Å². The van der Waals surface area contributed by atoms with Crippen molar-refractivity contribution in [3.8, 4) is 5.75 Å². The van der Waals surface area contributed by atoms with Gasteiger partial charge >= 0.3 is 0 Å². The zero-order valence-electron chi connectivity index (χ0n) is 7.76. The molecule has 1 aromatic carbocycles. The van der Waals surface area contributed by atoms with Crippen molar-refractivity contribution in [1.29, 1.82) is 0 Å². The van der Waals surface area contributed by atoms with E-state index in [0.717, 1.165) is 17.0 Å². The summed E-state index contributed by atoms with van der Waals surface area (Å²) in [6, 6.07) is 5.45. The van der Waals surface area contributed by atoms with E-state index >= 15 is 0 Å². The molecule has 0 aliphatic carbocycles. The summed E-state index contributed by atoms with van der Waals surface area (Å²) in [5.74, 6) is 0.782. The first kappa shape index (κ1) is 11.2. The van der Waals surface area contributed by atoms with Crippen LogP contribution < -0.4 is 10.5 Å². The van der Waals surface area contributed by atoms with Crippen LogP contribution in [0.3, 0.4) is 0 Å². The normalized spacial score (nSPS) is 9.64. The van der Waals surface area contributed by atoms with Gasteiger partial charge in [0.2, 0.25) is 0 Å². The lowest BCUT2D eigenvalue weighted by Crippen LogP contribution is -1.96. The Kier molecular flexibility index (Phi) is 4.11. The second kappa shape index (κ2) is 5.13. The number of ether oxygens (including phenoxy) is 1. The van der Waals surface area contributed by atoms with Crippen molar-refractivity contribution < 1.29 is 4.74 Å². The molecule has 0 atom stereocenters. The van der Waals surface area contributed by atoms with Crippen molar-refractivity contribution in [3.63, 3.8) is 0 Å². The van der Waals surface area contributed by atoms with Crippen molar-refractivity contribution in [2.75, 3.05) is 12.3 Å². The van der Waals surface area contributed by atoms with E-state index in [2.05, 4.69) is 0 Å². The van der Waals surface area contributed by atoms with E-state index < -0.39 is 0 Å². The molecular formula is C10H11Cl2NO. The summed E-state index contributed by atoms with van der Waals surface area (Å²) in [7, 11) is 0. The third-order valence-corrected chi connectivity index (χ3v) is 1.98. The van der Waals surface area contributed by atoms with E-state index in [0.29, 0.717) is 6.61 Å². The molecule has 0 amide bonds. The van der Waals surface area contributed by atoms with E-state index in [-0.39, 0.29) is 4.49 Å². The van der Waals surface area contributed by atoms with Crippen molar-refractivity contribution >= 4 is 28.9 Å². The van der Waals surface area contributed by atoms with E-state index in [1.165, 1.54) is 0 Å². The highest BCUT2D eigenvalue weighted by atomic mass is 35.5. The molecule has 2 nitrogen and oxygen atoms in total. The van der Waals surface area contributed by atoms with Crippen molar-refractivity contribution in [2.45, 2.75) is 6.92 Å². The fraction of sp³-hybridized carbons (Fsp3) is 0.200. The highest BCUT2D eigenvalue weighted by Crippen LogP contribution is 2.20. The third kappa shape index (κ3) is 3.48. The Morgan fingerprint density at radius 2 is 2.21 bits per heavy atom. The maximum Gasteiger partial charge on any atom is 0.122 e. The minimum atomic E-state index is 0.207. The molecule has 0 aliphatic heterocycles. The molecule has 0 aliphatic rings. The minimum Gasteiger partial charge on any atom is -0.489 e. The first-order chi connectivity index (χ1) is 6.59. The molecule has 1 aromatic rings. The third-order valence-electron chi connectivity index (χ3n) is 1.68. The van der Waals surface area contributed by atoms with Gasteiger partial charge in [0.1, 0.15) is 16.8 Å². The number of benzene rings is 1. The van der Waals surface area contributed by atoms with Gasteiger partial charge in [0, 0.05) is 5.69 Å². The number of hydrogen-bond acceptors (Lipinski definition) is 2. The Morgan fingerprint density at radius 3 is 2.79 bits per heavy atom. The molecule has 4 heteroatoms. The van der Waals surface area contributed by atoms with Gasteiger partial charge < -0.3 is 10.5 Å². The van der Waals surface area contributed by atoms with Crippen LogP contribution in [0.15, 0.2) is 28.8 Å². The van der Waals surface area contributed by atoms with Crippen molar-refractivity contribution in [1.82, 2.24) is 0 Å². The monoisotopic (exact) mass is 231 g/mol. The van der Waals surface area contributed by atoms with Crippen LogP contribution >= 0.6 is 23.2 Å². The zero-order chi connectivity index (χ0) is 10.6. The zero-order valence-corrected chi connectivity index (χ0v) is 9.27. The number of rotatable bonds is 3. The quantitative estimate of drug-likeness (QED) is 0.811. The summed E-state index contributed by atoms with van der Waals surface area (Å²) < 4.78 is 5.61. The standard InChI is InChI=1S/C10H11Cl2NO/c1-7-6-8(13)2-3-9(7)14-5-4-10(11)12/h2-4,6H,5,13H2,1H3. The molecule has 0 spiro atoms. The molecule has 14 heavy (non-hydrogen) atoms. The Morgan fingerprint density at radius 1 is 1.50 bits per heavy atom. The Balaban J connectivity index is 2.64. The van der Waals surface area contributed by atoms with Crippen LogP contribution in [0.5, 0.6) is 5.75 Å². The number of anilines is 1. The van der Waals surface area contributed by atoms with Crippen LogP contribution in [0.25, 0.3) is 0 Å². The van der Waals surface area contributed by atoms with Gasteiger partial charge in [-0.25, -0.2) is 0 Å². The second-order valence-electron chi connectivity index (χ2n) is 2.83. The Bertz CT molecular complexity index is 346. The summed E-state index contributed by atoms with van der Waals surface area (Å²) in [6.07, 6.45) is 1.58. The largest absolute Gasteiger partial charge is 0.489 e. The predicted octanol–water partition coefficient (Wildman–Crippen LogP) is 3.28. The highest BCUT2D eigenvalue weighted by molar-refractivity contribution is 6.55. The minimum absolute atomic E-state index is 0.207. The molecule has 1 rings (SSSR count). The van der Waals surface area contributed by atoms with Crippen molar-refractivity contribution in [2.24, 2.45) is 0 Å². The summed E-state index contributed by atoms with van der Waals surface area (Å²) in [6.45, 7) is 2.28. The highest BCUT2D eigenvalue weighted by Gasteiger charge is 1.98. The molecule has 0 saturated carbocycles. The van der Waals surface area contributed by atoms with Crippen LogP contribution in [-0.4, -0.2) is 6.61 Å². The molecule has 0 saturated heterocycles. The molecule has 0 unspecified atom stereocenters. The topological polar surface area (TPSA) is 35.2 Å². The molecule has 76 valence electrons. The fourth-order valence-corrected chi connectivity index (χ4v) is 1.15. The summed E-state index contributed by atoms with van der Waals surface area (Å²) in [5, 5.41) is 0. The molecule has 0 heterocycles. The van der Waals surface area contributed by atoms with Crippen LogP contribution in [0.1, 0.15) is 5.56 Å². The van der Waals surface area contributed by atoms with Crippen molar-refractivity contribution in [3.05, 3.63) is 34.3 Å². The summed E-state index contributed by atoms with van der Waals surface area (Å²) in [5.41, 5.74) is 7.31. The summed E-state index contributed by atoms with van der Waals surface area (Å²) in [4.78, 5) is 0. The number of aryl methyl sites for hydroxylation is 1. The second-order valence-corrected chi connectivity index (χ2v) is 3.84. The molecule has 2 N–H and O–H groups in total. The smallest absolute Gasteiger partial charge is 0.122 e. The average molecular weight is 232 g/mol. The molecule has 0 aromatic heterocycles. The number of halogens is 2. The van der Waals surface area contributed by atoms with E-state index in [4.69, 9.17) is 33.7 Å². The van der Waals surface area contributed by atoms with Crippen LogP contribution in [0.2, 0.25) is 0 Å². The van der Waals surface area contributed by atoms with Gasteiger partial charge in [0.15, 0.2) is 0 Å². The van der Waals surface area contributed by atoms with Gasteiger partial charge in [-0.3, -0.25) is 0 Å². The summed E-state index contributed by atoms with van der Waals surface area (Å²) >= 11 is 10.9. The van der Waals surface area contributed by atoms with Crippen LogP contribution in [0, 0.1) is 6.92 Å². The van der Waals surface area contributed by atoms with Crippen LogP contribution in [0.4, 0.5) is 5.69 Å². The maximum absolute atomic E-state index is 5.59. The first-order valence-electron chi connectivity index (χ1n) is 4.09. The molecule has 0 fully saturated rings. The Labute approximate surface area is 93.3 Å². The van der Waals surface area contributed by atoms with Gasteiger partial charge in [0.25, 0.3) is 0 Å². The van der Waals surface area contributed by atoms with E-state index in [1.807, 2.05) is 19.1 Å². The Hall–Kier alpha value is -0.860. The average Bonchev–Trinajstić information content (AvgIpc) is 2.08. The molecule has 0 bridgehead atoms. The van der Waals surface area contributed by atoms with Gasteiger partial charge in [-0.2, -0.15) is 0 Å². The predicted molar refractivity (Wildman–Crippen MR) is 60.9 cm³/mol. The lowest BCUT2D eigenvalue weighted by molar-refractivity contribution is 0.360. The maximum atomic E-state index is 5.59. The number of nitrogens with two attached hydrogens (primary N) is 1. The van der Waals surface area contributed by atoms with Gasteiger partial charge in [-0.05, 0) is 36.8 Å². The lowest BCUT2D eigenvalue weighted by atomic mass is 10.2. The van der Waals surface area contributed by atoms with Gasteiger partial charge in [-0.1, -0.05) is 23.2 Å². The van der Waals surface area contributed by atoms with Crippen LogP contribution in [-0.2, 0) is 0 Å². The van der Waals surface area contributed by atoms with Gasteiger partial charge in [0.05, 0.1) is 0 Å². The molecular weight excluding hydrogens is 221 g/mol. The molecule has 0 radical (unpaired) electrons. The fourth-order valence-electron chi connectivity index (χ4n) is 1.03. The van der Waals surface area contributed by atoms with E-state index in [9.17, 15) is 0 Å². The first-order valence-corrected chi connectivity index (χ1v) is 4.85. The number of hydrogen-bond donors (Lipinski definition) is 1. The number of nitrogen functional groups attached to an aromatic ring is 1. The lowest BCUT2D eigenvalue weighted by Gasteiger charge is -2.07.